The van der Waals surface area contributed by atoms with Crippen molar-refractivity contribution in [3.05, 3.63) is 69.9 Å². The van der Waals surface area contributed by atoms with Crippen molar-refractivity contribution < 1.29 is 5.11 Å². The van der Waals surface area contributed by atoms with Crippen molar-refractivity contribution in [2.75, 3.05) is 13.1 Å². The van der Waals surface area contributed by atoms with E-state index < -0.39 is 6.10 Å². The van der Waals surface area contributed by atoms with Gasteiger partial charge in [0, 0.05) is 30.7 Å². The van der Waals surface area contributed by atoms with Gasteiger partial charge in [-0.15, -0.1) is 0 Å². The summed E-state index contributed by atoms with van der Waals surface area (Å²) < 4.78 is 2.31. The summed E-state index contributed by atoms with van der Waals surface area (Å²) in [6, 6.07) is 14.9. The van der Waals surface area contributed by atoms with Crippen LogP contribution in [0.4, 0.5) is 0 Å². The molecule has 0 fully saturated rings. The molecular weight excluding hydrogens is 368 g/mol. The lowest BCUT2D eigenvalue weighted by Crippen LogP contribution is -2.38. The highest BCUT2D eigenvalue weighted by Gasteiger charge is 2.24. The van der Waals surface area contributed by atoms with Crippen LogP contribution >= 0.6 is 11.6 Å². The van der Waals surface area contributed by atoms with E-state index in [9.17, 15) is 5.11 Å². The molecule has 3 nitrogen and oxygen atoms in total. The molecule has 0 saturated heterocycles. The highest BCUT2D eigenvalue weighted by molar-refractivity contribution is 6.35. The standard InChI is InChI=1S/C24H27ClN2O/c25-22-10-5-9-21-20-8-3-4-11-23(20)27(24(21)22)16-19(28)15-26-13-12-17-6-1-2-7-18(17)14-26/h1-2,5-7,9-10,19,28H,3-4,8,11-16H2. The highest BCUT2D eigenvalue weighted by Crippen LogP contribution is 2.36. The smallest absolute Gasteiger partial charge is 0.0845 e. The molecule has 4 heteroatoms. The lowest BCUT2D eigenvalue weighted by atomic mass is 9.95. The van der Waals surface area contributed by atoms with Gasteiger partial charge in [-0.25, -0.2) is 0 Å². The summed E-state index contributed by atoms with van der Waals surface area (Å²) in [4.78, 5) is 2.38. The van der Waals surface area contributed by atoms with E-state index in [1.54, 1.807) is 0 Å². The van der Waals surface area contributed by atoms with E-state index in [2.05, 4.69) is 39.8 Å². The third-order valence-corrected chi connectivity index (χ3v) is 6.72. The van der Waals surface area contributed by atoms with E-state index in [4.69, 9.17) is 11.6 Å². The monoisotopic (exact) mass is 394 g/mol. The number of benzene rings is 2. The van der Waals surface area contributed by atoms with Gasteiger partial charge in [-0.3, -0.25) is 4.90 Å². The van der Waals surface area contributed by atoms with Crippen LogP contribution in [0.5, 0.6) is 0 Å². The van der Waals surface area contributed by atoms with Crippen molar-refractivity contribution in [3.8, 4) is 0 Å². The SMILES string of the molecule is OC(CN1CCc2ccccc2C1)Cn1c2c(c3cccc(Cl)c31)CCCC2. The number of hydrogen-bond donors (Lipinski definition) is 1. The van der Waals surface area contributed by atoms with E-state index in [0.717, 1.165) is 42.9 Å². The van der Waals surface area contributed by atoms with Crippen LogP contribution in [0.1, 0.15) is 35.2 Å². The molecule has 5 rings (SSSR count). The molecule has 1 aliphatic heterocycles. The van der Waals surface area contributed by atoms with Crippen molar-refractivity contribution in [2.45, 2.75) is 51.3 Å². The van der Waals surface area contributed by atoms with Crippen LogP contribution in [0.15, 0.2) is 42.5 Å². The number of β-amino-alcohol motifs (C(OH)–C–C–N with tert-alkyl or cyclic N) is 1. The molecule has 1 unspecified atom stereocenters. The molecule has 1 N–H and O–H groups in total. The fourth-order valence-electron chi connectivity index (χ4n) is 5.12. The van der Waals surface area contributed by atoms with Gasteiger partial charge in [-0.1, -0.05) is 48.0 Å². The number of aliphatic hydroxyl groups is 1. The Morgan fingerprint density at radius 2 is 1.75 bits per heavy atom. The maximum atomic E-state index is 11.0. The Bertz CT molecular complexity index is 1010. The molecule has 3 aromatic rings. The van der Waals surface area contributed by atoms with E-state index in [-0.39, 0.29) is 0 Å². The zero-order valence-corrected chi connectivity index (χ0v) is 17.0. The molecule has 2 aromatic carbocycles. The molecule has 0 amide bonds. The first-order valence-corrected chi connectivity index (χ1v) is 10.8. The Morgan fingerprint density at radius 3 is 2.64 bits per heavy atom. The number of para-hydroxylation sites is 1. The number of nitrogens with zero attached hydrogens (tertiary/aromatic N) is 2. The van der Waals surface area contributed by atoms with Gasteiger partial charge < -0.3 is 9.67 Å². The Balaban J connectivity index is 1.38. The van der Waals surface area contributed by atoms with Crippen LogP contribution in [0.25, 0.3) is 10.9 Å². The predicted molar refractivity (Wildman–Crippen MR) is 115 cm³/mol. The molecular formula is C24H27ClN2O. The summed E-state index contributed by atoms with van der Waals surface area (Å²) in [5.41, 5.74) is 6.79. The van der Waals surface area contributed by atoms with Crippen molar-refractivity contribution in [1.29, 1.82) is 0 Å². The van der Waals surface area contributed by atoms with Crippen molar-refractivity contribution in [3.63, 3.8) is 0 Å². The average molecular weight is 395 g/mol. The van der Waals surface area contributed by atoms with Crippen molar-refractivity contribution >= 4 is 22.5 Å². The fourth-order valence-corrected chi connectivity index (χ4v) is 5.40. The number of aliphatic hydroxyl groups excluding tert-OH is 1. The van der Waals surface area contributed by atoms with Crippen LogP contribution in [-0.2, 0) is 32.4 Å². The summed E-state index contributed by atoms with van der Waals surface area (Å²) in [5, 5.41) is 13.0. The quantitative estimate of drug-likeness (QED) is 0.700. The Labute approximate surface area is 171 Å². The minimum Gasteiger partial charge on any atom is -0.390 e. The van der Waals surface area contributed by atoms with Gasteiger partial charge in [0.05, 0.1) is 23.2 Å². The normalized spacial score (nSPS) is 18.1. The van der Waals surface area contributed by atoms with E-state index in [1.165, 1.54) is 40.6 Å². The second-order valence-electron chi connectivity index (χ2n) is 8.29. The number of fused-ring (bicyclic) bond motifs is 4. The molecule has 0 saturated carbocycles. The Hall–Kier alpha value is -1.81. The summed E-state index contributed by atoms with van der Waals surface area (Å²) in [6.45, 7) is 3.26. The number of aryl methyl sites for hydroxylation is 1. The van der Waals surface area contributed by atoms with Crippen LogP contribution < -0.4 is 0 Å². The van der Waals surface area contributed by atoms with Crippen LogP contribution in [0, 0.1) is 0 Å². The van der Waals surface area contributed by atoms with E-state index >= 15 is 0 Å². The van der Waals surface area contributed by atoms with E-state index in [1.807, 2.05) is 12.1 Å². The largest absolute Gasteiger partial charge is 0.390 e. The summed E-state index contributed by atoms with van der Waals surface area (Å²) in [6.07, 6.45) is 5.34. The maximum absolute atomic E-state index is 11.0. The molecule has 1 atom stereocenters. The molecule has 1 aliphatic carbocycles. The van der Waals surface area contributed by atoms with Crippen molar-refractivity contribution in [2.24, 2.45) is 0 Å². The minimum atomic E-state index is -0.400. The second kappa shape index (κ2) is 7.55. The van der Waals surface area contributed by atoms with E-state index in [0.29, 0.717) is 13.1 Å². The summed E-state index contributed by atoms with van der Waals surface area (Å²) in [5.74, 6) is 0. The Morgan fingerprint density at radius 1 is 0.929 bits per heavy atom. The topological polar surface area (TPSA) is 28.4 Å². The van der Waals surface area contributed by atoms with Gasteiger partial charge in [0.15, 0.2) is 0 Å². The lowest BCUT2D eigenvalue weighted by molar-refractivity contribution is 0.0920. The summed E-state index contributed by atoms with van der Waals surface area (Å²) in [7, 11) is 0. The molecule has 146 valence electrons. The number of aromatic nitrogens is 1. The number of halogens is 1. The first-order valence-electron chi connectivity index (χ1n) is 10.5. The third-order valence-electron chi connectivity index (χ3n) is 6.42. The van der Waals surface area contributed by atoms with Crippen LogP contribution in [0.3, 0.4) is 0 Å². The maximum Gasteiger partial charge on any atom is 0.0845 e. The predicted octanol–water partition coefficient (Wildman–Crippen LogP) is 4.59. The van der Waals surface area contributed by atoms with Gasteiger partial charge >= 0.3 is 0 Å². The van der Waals surface area contributed by atoms with Gasteiger partial charge in [-0.2, -0.15) is 0 Å². The fraction of sp³-hybridized carbons (Fsp3) is 0.417. The molecule has 0 radical (unpaired) electrons. The molecule has 28 heavy (non-hydrogen) atoms. The third kappa shape index (κ3) is 3.26. The zero-order chi connectivity index (χ0) is 19.1. The van der Waals surface area contributed by atoms with Crippen molar-refractivity contribution in [1.82, 2.24) is 9.47 Å². The van der Waals surface area contributed by atoms with Crippen LogP contribution in [-0.4, -0.2) is 33.8 Å². The highest BCUT2D eigenvalue weighted by atomic mass is 35.5. The van der Waals surface area contributed by atoms with Gasteiger partial charge in [0.2, 0.25) is 0 Å². The summed E-state index contributed by atoms with van der Waals surface area (Å²) >= 11 is 6.60. The Kier molecular flexibility index (Phi) is 4.92. The number of rotatable bonds is 4. The minimum absolute atomic E-state index is 0.400. The molecule has 2 heterocycles. The first kappa shape index (κ1) is 18.2. The average Bonchev–Trinajstić information content (AvgIpc) is 3.03. The van der Waals surface area contributed by atoms with Gasteiger partial charge in [0.25, 0.3) is 0 Å². The van der Waals surface area contributed by atoms with Gasteiger partial charge in [0.1, 0.15) is 0 Å². The molecule has 0 spiro atoms. The molecule has 0 bridgehead atoms. The lowest BCUT2D eigenvalue weighted by Gasteiger charge is -2.30. The van der Waals surface area contributed by atoms with Crippen LogP contribution in [0.2, 0.25) is 5.02 Å². The molecule has 2 aliphatic rings. The zero-order valence-electron chi connectivity index (χ0n) is 16.2. The second-order valence-corrected chi connectivity index (χ2v) is 8.69. The van der Waals surface area contributed by atoms with Gasteiger partial charge in [-0.05, 0) is 54.9 Å². The first-order chi connectivity index (χ1) is 13.7. The molecule has 1 aromatic heterocycles. The number of hydrogen-bond acceptors (Lipinski definition) is 2.